The van der Waals surface area contributed by atoms with E-state index in [-0.39, 0.29) is 0 Å². The highest BCUT2D eigenvalue weighted by molar-refractivity contribution is 5.29. The summed E-state index contributed by atoms with van der Waals surface area (Å²) in [4.78, 5) is 21.6. The summed E-state index contributed by atoms with van der Waals surface area (Å²) in [5, 5.41) is 3.12. The summed E-state index contributed by atoms with van der Waals surface area (Å²) in [5.74, 6) is 2.67. The molecule has 108 valence electrons. The number of imidazole rings is 2. The van der Waals surface area contributed by atoms with E-state index in [1.807, 2.05) is 24.7 Å². The molecule has 0 saturated heterocycles. The Labute approximate surface area is 121 Å². The topological polar surface area (TPSA) is 86.3 Å². The molecule has 0 aromatic carbocycles. The molecule has 21 heavy (non-hydrogen) atoms. The van der Waals surface area contributed by atoms with Crippen molar-refractivity contribution in [3.8, 4) is 5.95 Å². The molecule has 0 saturated carbocycles. The molecule has 0 atom stereocenters. The van der Waals surface area contributed by atoms with Gasteiger partial charge in [-0.1, -0.05) is 0 Å². The lowest BCUT2D eigenvalue weighted by molar-refractivity contribution is 0.775. The smallest absolute Gasteiger partial charge is 0.239 e. The Morgan fingerprint density at radius 1 is 1.14 bits per heavy atom. The summed E-state index contributed by atoms with van der Waals surface area (Å²) >= 11 is 0. The van der Waals surface area contributed by atoms with Crippen molar-refractivity contribution in [3.05, 3.63) is 42.8 Å². The highest BCUT2D eigenvalue weighted by Crippen LogP contribution is 2.09. The maximum absolute atomic E-state index is 4.48. The van der Waals surface area contributed by atoms with Gasteiger partial charge in [-0.2, -0.15) is 15.0 Å². The lowest BCUT2D eigenvalue weighted by atomic mass is 10.4. The summed E-state index contributed by atoms with van der Waals surface area (Å²) in [6, 6.07) is 0. The van der Waals surface area contributed by atoms with E-state index in [2.05, 4.69) is 30.2 Å². The van der Waals surface area contributed by atoms with Gasteiger partial charge in [0.2, 0.25) is 11.9 Å². The van der Waals surface area contributed by atoms with Crippen LogP contribution in [0.25, 0.3) is 5.95 Å². The zero-order valence-corrected chi connectivity index (χ0v) is 11.9. The number of hydrogen-bond acceptors (Lipinski definition) is 6. The Balaban J connectivity index is 1.97. The predicted molar refractivity (Wildman–Crippen MR) is 77.1 cm³/mol. The van der Waals surface area contributed by atoms with Crippen LogP contribution < -0.4 is 5.32 Å². The van der Waals surface area contributed by atoms with Gasteiger partial charge in [-0.3, -0.25) is 4.57 Å². The predicted octanol–water partition coefficient (Wildman–Crippen LogP) is 0.813. The number of nitrogens with zero attached hydrogens (tertiary/aromatic N) is 7. The second-order valence-electron chi connectivity index (χ2n) is 4.51. The second kappa shape index (κ2) is 5.70. The molecule has 1 N–H and O–H groups in total. The maximum atomic E-state index is 4.48. The number of anilines is 1. The van der Waals surface area contributed by atoms with Crippen LogP contribution in [0.3, 0.4) is 0 Å². The molecular formula is C13H16N8. The lowest BCUT2D eigenvalue weighted by Gasteiger charge is -2.08. The van der Waals surface area contributed by atoms with E-state index in [9.17, 15) is 0 Å². The van der Waals surface area contributed by atoms with Gasteiger partial charge in [0, 0.05) is 38.4 Å². The molecule has 8 heteroatoms. The summed E-state index contributed by atoms with van der Waals surface area (Å²) in [6.45, 7) is 2.74. The van der Waals surface area contributed by atoms with Crippen molar-refractivity contribution < 1.29 is 0 Å². The van der Waals surface area contributed by atoms with Crippen LogP contribution in [-0.2, 0) is 13.5 Å². The molecule has 3 aromatic rings. The van der Waals surface area contributed by atoms with Gasteiger partial charge in [0.25, 0.3) is 0 Å². The first-order chi connectivity index (χ1) is 10.3. The van der Waals surface area contributed by atoms with Crippen molar-refractivity contribution in [1.82, 2.24) is 34.1 Å². The molecule has 3 rings (SSSR count). The summed E-state index contributed by atoms with van der Waals surface area (Å²) in [7, 11) is 1.95. The standard InChI is InChI=1S/C13H16N8/c1-3-15-12-17-10(8-11-16-5-6-20(11)2)18-13(19-12)21-7-4-14-9-21/h4-7,9H,3,8H2,1-2H3,(H,15,17,18,19). The van der Waals surface area contributed by atoms with E-state index in [4.69, 9.17) is 0 Å². The Morgan fingerprint density at radius 2 is 2.05 bits per heavy atom. The quantitative estimate of drug-likeness (QED) is 0.746. The molecule has 0 aliphatic rings. The molecule has 0 fully saturated rings. The lowest BCUT2D eigenvalue weighted by Crippen LogP contribution is -2.12. The zero-order chi connectivity index (χ0) is 14.7. The van der Waals surface area contributed by atoms with Gasteiger partial charge in [0.15, 0.2) is 0 Å². The minimum atomic E-state index is 0.544. The molecule has 0 unspecified atom stereocenters. The Morgan fingerprint density at radius 3 is 2.71 bits per heavy atom. The zero-order valence-electron chi connectivity index (χ0n) is 11.9. The number of hydrogen-bond donors (Lipinski definition) is 1. The largest absolute Gasteiger partial charge is 0.354 e. The van der Waals surface area contributed by atoms with E-state index in [0.29, 0.717) is 24.1 Å². The molecular weight excluding hydrogens is 268 g/mol. The van der Waals surface area contributed by atoms with E-state index >= 15 is 0 Å². The van der Waals surface area contributed by atoms with E-state index in [1.54, 1.807) is 29.5 Å². The van der Waals surface area contributed by atoms with Crippen molar-refractivity contribution in [3.63, 3.8) is 0 Å². The van der Waals surface area contributed by atoms with Crippen LogP contribution in [0.1, 0.15) is 18.6 Å². The summed E-state index contributed by atoms with van der Waals surface area (Å²) in [6.07, 6.45) is 9.36. The van der Waals surface area contributed by atoms with Gasteiger partial charge in [-0.05, 0) is 6.92 Å². The van der Waals surface area contributed by atoms with E-state index < -0.39 is 0 Å². The van der Waals surface area contributed by atoms with Gasteiger partial charge in [0.1, 0.15) is 18.0 Å². The van der Waals surface area contributed by atoms with Crippen LogP contribution in [0.4, 0.5) is 5.95 Å². The normalized spacial score (nSPS) is 10.8. The summed E-state index contributed by atoms with van der Waals surface area (Å²) < 4.78 is 3.71. The Bertz CT molecular complexity index is 716. The first-order valence-corrected chi connectivity index (χ1v) is 6.69. The van der Waals surface area contributed by atoms with Crippen molar-refractivity contribution >= 4 is 5.95 Å². The van der Waals surface area contributed by atoms with Gasteiger partial charge in [-0.15, -0.1) is 0 Å². The number of aromatic nitrogens is 7. The molecule has 8 nitrogen and oxygen atoms in total. The third-order valence-corrected chi connectivity index (χ3v) is 2.98. The molecule has 0 aliphatic heterocycles. The average Bonchev–Trinajstić information content (AvgIpc) is 3.12. The molecule has 0 radical (unpaired) electrons. The van der Waals surface area contributed by atoms with Crippen molar-refractivity contribution in [2.45, 2.75) is 13.3 Å². The minimum Gasteiger partial charge on any atom is -0.354 e. The average molecular weight is 284 g/mol. The van der Waals surface area contributed by atoms with Crippen molar-refractivity contribution in [2.24, 2.45) is 7.05 Å². The highest BCUT2D eigenvalue weighted by Gasteiger charge is 2.10. The van der Waals surface area contributed by atoms with Gasteiger partial charge in [0.05, 0.1) is 6.42 Å². The fourth-order valence-corrected chi connectivity index (χ4v) is 1.92. The minimum absolute atomic E-state index is 0.544. The molecule has 0 aliphatic carbocycles. The molecule has 0 spiro atoms. The first kappa shape index (κ1) is 13.2. The van der Waals surface area contributed by atoms with Gasteiger partial charge in [-0.25, -0.2) is 9.97 Å². The number of nitrogens with one attached hydrogen (secondary N) is 1. The second-order valence-corrected chi connectivity index (χ2v) is 4.51. The SMILES string of the molecule is CCNc1nc(Cc2nccn2C)nc(-n2ccnc2)n1. The highest BCUT2D eigenvalue weighted by atomic mass is 15.2. The van der Waals surface area contributed by atoms with Crippen LogP contribution in [-0.4, -0.2) is 40.6 Å². The van der Waals surface area contributed by atoms with Crippen LogP contribution >= 0.6 is 0 Å². The Kier molecular flexibility index (Phi) is 3.59. The van der Waals surface area contributed by atoms with Crippen molar-refractivity contribution in [1.29, 1.82) is 0 Å². The first-order valence-electron chi connectivity index (χ1n) is 6.69. The molecule has 3 aromatic heterocycles. The fraction of sp³-hybridized carbons (Fsp3) is 0.308. The number of rotatable bonds is 5. The van der Waals surface area contributed by atoms with E-state index in [1.165, 1.54) is 0 Å². The molecule has 3 heterocycles. The Hall–Kier alpha value is -2.77. The third-order valence-electron chi connectivity index (χ3n) is 2.98. The summed E-state index contributed by atoms with van der Waals surface area (Å²) in [5.41, 5.74) is 0. The fourth-order valence-electron chi connectivity index (χ4n) is 1.92. The van der Waals surface area contributed by atoms with Gasteiger partial charge < -0.3 is 9.88 Å². The number of aryl methyl sites for hydroxylation is 1. The van der Waals surface area contributed by atoms with Crippen LogP contribution in [0, 0.1) is 0 Å². The van der Waals surface area contributed by atoms with Crippen molar-refractivity contribution in [2.75, 3.05) is 11.9 Å². The van der Waals surface area contributed by atoms with Crippen LogP contribution in [0.15, 0.2) is 31.1 Å². The van der Waals surface area contributed by atoms with E-state index in [0.717, 1.165) is 12.4 Å². The third kappa shape index (κ3) is 2.88. The maximum Gasteiger partial charge on any atom is 0.239 e. The monoisotopic (exact) mass is 284 g/mol. The molecule has 0 bridgehead atoms. The van der Waals surface area contributed by atoms with Crippen LogP contribution in [0.2, 0.25) is 0 Å². The van der Waals surface area contributed by atoms with Gasteiger partial charge >= 0.3 is 0 Å². The van der Waals surface area contributed by atoms with Crippen LogP contribution in [0.5, 0.6) is 0 Å². The molecule has 0 amide bonds.